The lowest BCUT2D eigenvalue weighted by Crippen LogP contribution is -2.19. The zero-order chi connectivity index (χ0) is 13.5. The van der Waals surface area contributed by atoms with Crippen LogP contribution in [0, 0.1) is 5.92 Å². The molecular weight excluding hydrogens is 234 g/mol. The van der Waals surface area contributed by atoms with E-state index >= 15 is 0 Å². The van der Waals surface area contributed by atoms with E-state index in [9.17, 15) is 0 Å². The maximum absolute atomic E-state index is 4.42. The maximum Gasteiger partial charge on any atom is 0.0562 e. The lowest BCUT2D eigenvalue weighted by Gasteiger charge is -2.24. The predicted octanol–water partition coefficient (Wildman–Crippen LogP) is 3.48. The topological polar surface area (TPSA) is 29.9 Å². The second-order valence-corrected chi connectivity index (χ2v) is 5.62. The minimum atomic E-state index is 0.774. The van der Waals surface area contributed by atoms with Crippen LogP contribution in [0.1, 0.15) is 51.0 Å². The molecule has 0 unspecified atom stereocenters. The molecule has 1 heterocycles. The van der Waals surface area contributed by atoms with Gasteiger partial charge in [0.05, 0.1) is 6.20 Å². The van der Waals surface area contributed by atoms with Gasteiger partial charge in [0.15, 0.2) is 0 Å². The molecule has 3 nitrogen and oxygen atoms in total. The molecule has 0 bridgehead atoms. The van der Waals surface area contributed by atoms with Crippen LogP contribution in [-0.4, -0.2) is 23.4 Å². The first kappa shape index (κ1) is 14.3. The number of likely N-dealkylation sites (N-methyl/N-ethyl adjacent to an activating group) is 1. The lowest BCUT2D eigenvalue weighted by atomic mass is 9.83. The van der Waals surface area contributed by atoms with E-state index in [1.165, 1.54) is 37.7 Å². The van der Waals surface area contributed by atoms with Crippen LogP contribution in [-0.2, 0) is 6.54 Å². The molecule has 0 amide bonds. The standard InChI is InChI=1S/C16H27N3/c1-3-9-19-13-14(11-18-19)10-16(12-17-2)15-7-5-4-6-8-15/h10-11,13,15,17H,3-9,12H2,1-2H3/b16-10-. The third-order valence-electron chi connectivity index (χ3n) is 3.97. The van der Waals surface area contributed by atoms with Crippen LogP contribution in [0.4, 0.5) is 0 Å². The van der Waals surface area contributed by atoms with E-state index in [0.29, 0.717) is 0 Å². The van der Waals surface area contributed by atoms with Gasteiger partial charge in [0.25, 0.3) is 0 Å². The Morgan fingerprint density at radius 2 is 2.21 bits per heavy atom. The van der Waals surface area contributed by atoms with Crippen LogP contribution >= 0.6 is 0 Å². The summed E-state index contributed by atoms with van der Waals surface area (Å²) in [6.45, 7) is 4.20. The van der Waals surface area contributed by atoms with Gasteiger partial charge < -0.3 is 5.32 Å². The Bertz CT molecular complexity index is 400. The average Bonchev–Trinajstić information content (AvgIpc) is 2.87. The highest BCUT2D eigenvalue weighted by Crippen LogP contribution is 2.30. The summed E-state index contributed by atoms with van der Waals surface area (Å²) < 4.78 is 2.05. The third-order valence-corrected chi connectivity index (χ3v) is 3.97. The predicted molar refractivity (Wildman–Crippen MR) is 81.0 cm³/mol. The van der Waals surface area contributed by atoms with Crippen molar-refractivity contribution in [2.75, 3.05) is 13.6 Å². The van der Waals surface area contributed by atoms with E-state index in [2.05, 4.69) is 29.6 Å². The first-order valence-corrected chi connectivity index (χ1v) is 7.71. The summed E-state index contributed by atoms with van der Waals surface area (Å²) in [5, 5.41) is 7.74. The normalized spacial score (nSPS) is 17.9. The number of hydrogen-bond donors (Lipinski definition) is 1. The van der Waals surface area contributed by atoms with E-state index < -0.39 is 0 Å². The maximum atomic E-state index is 4.42. The highest BCUT2D eigenvalue weighted by Gasteiger charge is 2.17. The van der Waals surface area contributed by atoms with Gasteiger partial charge in [-0.1, -0.05) is 37.8 Å². The van der Waals surface area contributed by atoms with Crippen molar-refractivity contribution < 1.29 is 0 Å². The van der Waals surface area contributed by atoms with Crippen LogP contribution < -0.4 is 5.32 Å². The summed E-state index contributed by atoms with van der Waals surface area (Å²) in [5.41, 5.74) is 2.81. The van der Waals surface area contributed by atoms with Crippen molar-refractivity contribution >= 4 is 6.08 Å². The van der Waals surface area contributed by atoms with E-state index in [0.717, 1.165) is 25.4 Å². The Labute approximate surface area is 117 Å². The molecule has 1 saturated carbocycles. The minimum Gasteiger partial charge on any atom is -0.316 e. The van der Waals surface area contributed by atoms with Crippen LogP contribution in [0.15, 0.2) is 18.0 Å². The largest absolute Gasteiger partial charge is 0.316 e. The highest BCUT2D eigenvalue weighted by molar-refractivity contribution is 5.52. The summed E-state index contributed by atoms with van der Waals surface area (Å²) in [5.74, 6) is 0.774. The molecule has 1 N–H and O–H groups in total. The number of rotatable bonds is 6. The second-order valence-electron chi connectivity index (χ2n) is 5.62. The fraction of sp³-hybridized carbons (Fsp3) is 0.688. The summed E-state index contributed by atoms with van der Waals surface area (Å²) >= 11 is 0. The van der Waals surface area contributed by atoms with Crippen molar-refractivity contribution in [1.82, 2.24) is 15.1 Å². The molecule has 0 saturated heterocycles. The van der Waals surface area contributed by atoms with Crippen molar-refractivity contribution in [1.29, 1.82) is 0 Å². The lowest BCUT2D eigenvalue weighted by molar-refractivity contribution is 0.398. The molecular formula is C16H27N3. The Kier molecular flexibility index (Phi) is 5.64. The average molecular weight is 261 g/mol. The van der Waals surface area contributed by atoms with Gasteiger partial charge in [0, 0.05) is 24.8 Å². The number of nitrogens with one attached hydrogen (secondary N) is 1. The van der Waals surface area contributed by atoms with Gasteiger partial charge in [-0.3, -0.25) is 4.68 Å². The molecule has 106 valence electrons. The van der Waals surface area contributed by atoms with Gasteiger partial charge in [-0.2, -0.15) is 5.10 Å². The van der Waals surface area contributed by atoms with Crippen molar-refractivity contribution in [3.05, 3.63) is 23.5 Å². The Hall–Kier alpha value is -1.09. The monoisotopic (exact) mass is 261 g/mol. The van der Waals surface area contributed by atoms with Crippen LogP contribution in [0.2, 0.25) is 0 Å². The highest BCUT2D eigenvalue weighted by atomic mass is 15.3. The summed E-state index contributed by atoms with van der Waals surface area (Å²) in [6.07, 6.45) is 14.6. The first-order valence-electron chi connectivity index (χ1n) is 7.71. The fourth-order valence-electron chi connectivity index (χ4n) is 3.01. The molecule has 0 radical (unpaired) electrons. The number of aromatic nitrogens is 2. The molecule has 1 aromatic rings. The molecule has 19 heavy (non-hydrogen) atoms. The smallest absolute Gasteiger partial charge is 0.0562 e. The van der Waals surface area contributed by atoms with E-state index in [1.54, 1.807) is 5.57 Å². The quantitative estimate of drug-likeness (QED) is 0.849. The summed E-state index contributed by atoms with van der Waals surface area (Å²) in [7, 11) is 2.04. The van der Waals surface area contributed by atoms with Gasteiger partial charge in [-0.15, -0.1) is 0 Å². The molecule has 0 spiro atoms. The van der Waals surface area contributed by atoms with E-state index in [-0.39, 0.29) is 0 Å². The molecule has 1 aliphatic carbocycles. The van der Waals surface area contributed by atoms with Gasteiger partial charge in [-0.05, 0) is 32.2 Å². The van der Waals surface area contributed by atoms with Crippen LogP contribution in [0.5, 0.6) is 0 Å². The van der Waals surface area contributed by atoms with E-state index in [1.807, 2.05) is 17.9 Å². The van der Waals surface area contributed by atoms with Crippen molar-refractivity contribution in [2.24, 2.45) is 5.92 Å². The van der Waals surface area contributed by atoms with Gasteiger partial charge in [0.1, 0.15) is 0 Å². The number of nitrogens with zero attached hydrogens (tertiary/aromatic N) is 2. The van der Waals surface area contributed by atoms with Crippen molar-refractivity contribution in [3.63, 3.8) is 0 Å². The zero-order valence-electron chi connectivity index (χ0n) is 12.4. The molecule has 3 heteroatoms. The Balaban J connectivity index is 2.09. The summed E-state index contributed by atoms with van der Waals surface area (Å²) in [6, 6.07) is 0. The third kappa shape index (κ3) is 4.20. The Morgan fingerprint density at radius 3 is 2.89 bits per heavy atom. The second kappa shape index (κ2) is 7.49. The number of aryl methyl sites for hydroxylation is 1. The first-order chi connectivity index (χ1) is 9.33. The number of hydrogen-bond acceptors (Lipinski definition) is 2. The van der Waals surface area contributed by atoms with Crippen molar-refractivity contribution in [3.8, 4) is 0 Å². The molecule has 2 rings (SSSR count). The summed E-state index contributed by atoms with van der Waals surface area (Å²) in [4.78, 5) is 0. The van der Waals surface area contributed by atoms with Crippen LogP contribution in [0.3, 0.4) is 0 Å². The van der Waals surface area contributed by atoms with Crippen LogP contribution in [0.25, 0.3) is 6.08 Å². The fourth-order valence-corrected chi connectivity index (χ4v) is 3.01. The Morgan fingerprint density at radius 1 is 1.42 bits per heavy atom. The minimum absolute atomic E-state index is 0.774. The molecule has 0 aromatic carbocycles. The van der Waals surface area contributed by atoms with Gasteiger partial charge in [0.2, 0.25) is 0 Å². The van der Waals surface area contributed by atoms with E-state index in [4.69, 9.17) is 0 Å². The molecule has 1 fully saturated rings. The molecule has 1 aromatic heterocycles. The molecule has 1 aliphatic rings. The SMILES string of the molecule is CCCn1cc(/C=C(/CNC)C2CCCCC2)cn1. The molecule has 0 atom stereocenters. The molecule has 0 aliphatic heterocycles. The zero-order valence-corrected chi connectivity index (χ0v) is 12.4. The van der Waals surface area contributed by atoms with Gasteiger partial charge in [-0.25, -0.2) is 0 Å². The van der Waals surface area contributed by atoms with Crippen molar-refractivity contribution in [2.45, 2.75) is 52.0 Å². The van der Waals surface area contributed by atoms with Gasteiger partial charge >= 0.3 is 0 Å².